The Balaban J connectivity index is 1.76. The SMILES string of the molecule is CC(=O)[C@H](CCCCN)NC(=O)CCC(=O)CC(CCC(=O)CCCO[C@H]1O[C@H](CO)[C@@H](O)[C@H](O)[C@@H]1O)(CCC(=O)NCCO[C@H]1O[C@H](CO)[C@@H](O)[C@H](O)[C@@H]1O)CCC(=O)NCCO[C@H]1O[C@H](CO)[C@@H](O)[C@H](O)[C@@H]1O. The second-order valence-electron chi connectivity index (χ2n) is 19.3. The highest BCUT2D eigenvalue weighted by molar-refractivity contribution is 5.90. The van der Waals surface area contributed by atoms with Gasteiger partial charge in [-0.3, -0.25) is 28.8 Å². The van der Waals surface area contributed by atoms with Crippen LogP contribution in [0.2, 0.25) is 0 Å². The topological polar surface area (TPSA) is 463 Å². The van der Waals surface area contributed by atoms with Gasteiger partial charge in [0.15, 0.2) is 24.7 Å². The zero-order chi connectivity index (χ0) is 55.8. The van der Waals surface area contributed by atoms with Crippen molar-refractivity contribution in [2.75, 3.05) is 59.3 Å². The Bertz CT molecular complexity index is 1600. The summed E-state index contributed by atoms with van der Waals surface area (Å²) in [7, 11) is 0. The number of ether oxygens (including phenoxy) is 6. The third kappa shape index (κ3) is 21.4. The highest BCUT2D eigenvalue weighted by Crippen LogP contribution is 2.40. The molecule has 0 saturated carbocycles. The minimum Gasteiger partial charge on any atom is -0.394 e. The predicted octanol–water partition coefficient (Wildman–Crippen LogP) is -6.71. The average Bonchev–Trinajstić information content (AvgIpc) is 3.39. The van der Waals surface area contributed by atoms with Crippen LogP contribution < -0.4 is 21.7 Å². The minimum absolute atomic E-state index is 0.0497. The normalized spacial score (nSPS) is 30.6. The Hall–Kier alpha value is -3.34. The fourth-order valence-corrected chi connectivity index (χ4v) is 8.82. The van der Waals surface area contributed by atoms with E-state index >= 15 is 0 Å². The minimum atomic E-state index is -1.70. The van der Waals surface area contributed by atoms with Crippen LogP contribution >= 0.6 is 0 Å². The molecule has 3 fully saturated rings. The lowest BCUT2D eigenvalue weighted by Crippen LogP contribution is -2.59. The molecule has 0 unspecified atom stereocenters. The summed E-state index contributed by atoms with van der Waals surface area (Å²) < 4.78 is 32.4. The quantitative estimate of drug-likeness (QED) is 0.0259. The Morgan fingerprint density at radius 3 is 1.35 bits per heavy atom. The molecule has 0 radical (unpaired) electrons. The zero-order valence-corrected chi connectivity index (χ0v) is 42.3. The van der Waals surface area contributed by atoms with Crippen molar-refractivity contribution in [3.8, 4) is 0 Å². The van der Waals surface area contributed by atoms with Crippen LogP contribution in [-0.2, 0) is 57.2 Å². The third-order valence-electron chi connectivity index (χ3n) is 13.5. The van der Waals surface area contributed by atoms with Gasteiger partial charge in [0, 0.05) is 58.0 Å². The first kappa shape index (κ1) is 65.9. The fourth-order valence-electron chi connectivity index (χ4n) is 8.82. The van der Waals surface area contributed by atoms with Gasteiger partial charge in [0.05, 0.1) is 45.7 Å². The van der Waals surface area contributed by atoms with E-state index in [1.807, 2.05) is 0 Å². The number of nitrogens with one attached hydrogen (secondary N) is 3. The van der Waals surface area contributed by atoms with Gasteiger partial charge in [-0.1, -0.05) is 0 Å². The van der Waals surface area contributed by atoms with E-state index in [4.69, 9.17) is 34.2 Å². The van der Waals surface area contributed by atoms with Crippen molar-refractivity contribution in [2.24, 2.45) is 11.1 Å². The first-order valence-corrected chi connectivity index (χ1v) is 25.4. The van der Waals surface area contributed by atoms with Crippen LogP contribution in [0.15, 0.2) is 0 Å². The molecular formula is C47H82N4O24. The van der Waals surface area contributed by atoms with Gasteiger partial charge in [0.25, 0.3) is 0 Å². The number of aliphatic hydroxyl groups excluding tert-OH is 12. The Labute approximate surface area is 434 Å². The van der Waals surface area contributed by atoms with E-state index < -0.39 is 147 Å². The van der Waals surface area contributed by atoms with Crippen LogP contribution in [0.3, 0.4) is 0 Å². The summed E-state index contributed by atoms with van der Waals surface area (Å²) in [6.07, 6.45) is -23.4. The van der Waals surface area contributed by atoms with E-state index in [0.717, 1.165) is 0 Å². The molecule has 0 aromatic carbocycles. The van der Waals surface area contributed by atoms with Crippen LogP contribution in [0.4, 0.5) is 0 Å². The number of Topliss-reactive ketones (excluding diaryl/α,β-unsaturated/α-hetero) is 3. The maximum atomic E-state index is 13.9. The van der Waals surface area contributed by atoms with Crippen molar-refractivity contribution in [1.82, 2.24) is 16.0 Å². The number of amides is 3. The molecule has 17 N–H and O–H groups in total. The first-order chi connectivity index (χ1) is 35.6. The summed E-state index contributed by atoms with van der Waals surface area (Å²) in [4.78, 5) is 79.5. The number of nitrogens with two attached hydrogens (primary N) is 1. The van der Waals surface area contributed by atoms with Crippen molar-refractivity contribution in [1.29, 1.82) is 0 Å². The smallest absolute Gasteiger partial charge is 0.221 e. The molecule has 0 spiro atoms. The lowest BCUT2D eigenvalue weighted by molar-refractivity contribution is -0.301. The van der Waals surface area contributed by atoms with Gasteiger partial charge in [-0.15, -0.1) is 0 Å². The summed E-state index contributed by atoms with van der Waals surface area (Å²) >= 11 is 0. The van der Waals surface area contributed by atoms with Crippen LogP contribution in [0, 0.1) is 5.41 Å². The summed E-state index contributed by atoms with van der Waals surface area (Å²) in [6.45, 7) is -1.39. The molecule has 3 amide bonds. The van der Waals surface area contributed by atoms with E-state index in [9.17, 15) is 90.0 Å². The molecule has 3 heterocycles. The van der Waals surface area contributed by atoms with Gasteiger partial charge in [-0.25, -0.2) is 0 Å². The monoisotopic (exact) mass is 1090 g/mol. The number of ketones is 3. The molecule has 75 heavy (non-hydrogen) atoms. The predicted molar refractivity (Wildman–Crippen MR) is 254 cm³/mol. The second kappa shape index (κ2) is 33.8. The molecule has 0 bridgehead atoms. The van der Waals surface area contributed by atoms with Gasteiger partial charge in [-0.2, -0.15) is 0 Å². The number of aliphatic hydroxyl groups is 12. The molecule has 434 valence electrons. The largest absolute Gasteiger partial charge is 0.394 e. The standard InChI is InChI=1S/C47H82N4O24/c1-25(55)28(6-2-3-15-48)51-34(60)8-7-27(57)21-47(12-9-26(56)5-4-18-70-44-41(67)38(64)35(61)29(22-52)73-44,13-10-32(58)49-16-19-71-45-42(68)39(65)36(62)30(23-53)74-45)14-11-33(59)50-17-20-72-46-43(69)40(66)37(63)31(24-54)75-46/h28-31,35-46,52-54,61-69H,2-24,48H2,1H3,(H,49,58)(H,50,59)(H,51,60)/t28-,29+,30+,31+,35+,36+,37+,38-,39-,40-,41-,42-,43-,44-,45-,46-/m0/s1. The Morgan fingerprint density at radius 1 is 0.507 bits per heavy atom. The Morgan fingerprint density at radius 2 is 0.933 bits per heavy atom. The molecule has 28 nitrogen and oxygen atoms in total. The van der Waals surface area contributed by atoms with E-state index in [2.05, 4.69) is 16.0 Å². The molecule has 3 rings (SSSR count). The van der Waals surface area contributed by atoms with E-state index in [-0.39, 0.29) is 115 Å². The third-order valence-corrected chi connectivity index (χ3v) is 13.5. The van der Waals surface area contributed by atoms with E-state index in [1.165, 1.54) is 6.92 Å². The summed E-state index contributed by atoms with van der Waals surface area (Å²) in [5.74, 6) is -2.79. The van der Waals surface area contributed by atoms with Crippen molar-refractivity contribution in [2.45, 2.75) is 195 Å². The zero-order valence-electron chi connectivity index (χ0n) is 42.3. The maximum Gasteiger partial charge on any atom is 0.221 e. The van der Waals surface area contributed by atoms with Crippen LogP contribution in [0.25, 0.3) is 0 Å². The van der Waals surface area contributed by atoms with Crippen molar-refractivity contribution >= 4 is 35.1 Å². The van der Waals surface area contributed by atoms with Gasteiger partial charge in [-0.05, 0) is 63.8 Å². The van der Waals surface area contributed by atoms with Gasteiger partial charge < -0.3 is 111 Å². The molecule has 3 aliphatic rings. The number of carbonyl (C=O) groups excluding carboxylic acids is 6. The second-order valence-corrected chi connectivity index (χ2v) is 19.3. The van der Waals surface area contributed by atoms with Crippen molar-refractivity contribution in [3.05, 3.63) is 0 Å². The van der Waals surface area contributed by atoms with Crippen LogP contribution in [0.1, 0.15) is 96.8 Å². The van der Waals surface area contributed by atoms with Crippen LogP contribution in [0.5, 0.6) is 0 Å². The van der Waals surface area contributed by atoms with Crippen LogP contribution in [-0.4, -0.2) is 254 Å². The molecule has 0 aromatic heterocycles. The lowest BCUT2D eigenvalue weighted by atomic mass is 9.70. The van der Waals surface area contributed by atoms with Gasteiger partial charge in [0.2, 0.25) is 17.7 Å². The maximum absolute atomic E-state index is 13.9. The summed E-state index contributed by atoms with van der Waals surface area (Å²) in [6, 6.07) is -0.797. The van der Waals surface area contributed by atoms with Crippen molar-refractivity contribution in [3.63, 3.8) is 0 Å². The van der Waals surface area contributed by atoms with E-state index in [1.54, 1.807) is 0 Å². The molecule has 0 aromatic rings. The Kier molecular flexibility index (Phi) is 29.8. The fraction of sp³-hybridized carbons (Fsp3) is 0.872. The summed E-state index contributed by atoms with van der Waals surface area (Å²) in [5.41, 5.74) is 4.32. The number of carbonyl (C=O) groups is 6. The summed E-state index contributed by atoms with van der Waals surface area (Å²) in [5, 5.41) is 128. The molecule has 28 heteroatoms. The van der Waals surface area contributed by atoms with Gasteiger partial charge in [0.1, 0.15) is 84.8 Å². The number of rotatable bonds is 36. The van der Waals surface area contributed by atoms with Gasteiger partial charge >= 0.3 is 0 Å². The molecule has 3 saturated heterocycles. The molecule has 16 atom stereocenters. The number of unbranched alkanes of at least 4 members (excludes halogenated alkanes) is 1. The lowest BCUT2D eigenvalue weighted by Gasteiger charge is -2.39. The van der Waals surface area contributed by atoms with Crippen molar-refractivity contribution < 1.29 is 118 Å². The number of hydrogen-bond donors (Lipinski definition) is 16. The molecule has 0 aliphatic carbocycles. The number of hydrogen-bond acceptors (Lipinski definition) is 25. The highest BCUT2D eigenvalue weighted by atomic mass is 16.7. The molecule has 3 aliphatic heterocycles. The average molecular weight is 1090 g/mol. The highest BCUT2D eigenvalue weighted by Gasteiger charge is 2.46. The first-order valence-electron chi connectivity index (χ1n) is 25.4. The molecular weight excluding hydrogens is 1000 g/mol. The van der Waals surface area contributed by atoms with E-state index in [0.29, 0.717) is 25.8 Å².